The monoisotopic (exact) mass is 624 g/mol. The Morgan fingerprint density at radius 1 is 1.07 bits per heavy atom. The quantitative estimate of drug-likeness (QED) is 0.222. The third kappa shape index (κ3) is 7.94. The minimum absolute atomic E-state index is 0.0222. The zero-order chi connectivity index (χ0) is 32.6. The van der Waals surface area contributed by atoms with E-state index >= 15 is 0 Å². The summed E-state index contributed by atoms with van der Waals surface area (Å²) in [5.74, 6) is 3.46. The highest BCUT2D eigenvalue weighted by atomic mass is 16.5. The maximum Gasteiger partial charge on any atom is 0.311 e. The van der Waals surface area contributed by atoms with Gasteiger partial charge < -0.3 is 14.9 Å². The summed E-state index contributed by atoms with van der Waals surface area (Å²) >= 11 is 0. The summed E-state index contributed by atoms with van der Waals surface area (Å²) < 4.78 is 6.25. The Bertz CT molecular complexity index is 1150. The zero-order valence-electron chi connectivity index (χ0n) is 29.0. The molecule has 1 aliphatic heterocycles. The second-order valence-corrected chi connectivity index (χ2v) is 16.2. The number of amides is 1. The van der Waals surface area contributed by atoms with Crippen LogP contribution < -0.4 is 0 Å². The Hall–Kier alpha value is -1.99. The molecule has 0 bridgehead atoms. The van der Waals surface area contributed by atoms with Crippen molar-refractivity contribution in [3.63, 3.8) is 0 Å². The SMILES string of the molecule is CCC(C)(C)C(=O)O[C@H]1C[C@@H](C)C=C2C=C[C@H](C)[C@H](CC[C@@H](O)C[C@@H](O)CC(=O)N(C3=NCC(C)C3C)C(C3CC3)C3CC3)C21. The van der Waals surface area contributed by atoms with Crippen molar-refractivity contribution >= 4 is 17.7 Å². The fraction of sp³-hybridized carbons (Fsp3) is 0.816. The molecule has 5 aliphatic rings. The molecule has 2 N–H and O–H groups in total. The summed E-state index contributed by atoms with van der Waals surface area (Å²) in [7, 11) is 0. The van der Waals surface area contributed by atoms with E-state index in [0.717, 1.165) is 31.6 Å². The summed E-state index contributed by atoms with van der Waals surface area (Å²) in [6, 6.07) is 0.215. The molecule has 0 aromatic rings. The molecule has 0 saturated heterocycles. The van der Waals surface area contributed by atoms with Crippen molar-refractivity contribution in [1.29, 1.82) is 0 Å². The Kier molecular flexibility index (Phi) is 10.7. The Balaban J connectivity index is 1.21. The van der Waals surface area contributed by atoms with Gasteiger partial charge in [0.15, 0.2) is 0 Å². The number of esters is 1. The summed E-state index contributed by atoms with van der Waals surface area (Å²) in [6.07, 6.45) is 12.7. The van der Waals surface area contributed by atoms with Crippen LogP contribution in [0.15, 0.2) is 28.8 Å². The molecule has 252 valence electrons. The van der Waals surface area contributed by atoms with Crippen molar-refractivity contribution in [2.75, 3.05) is 6.54 Å². The third-order valence-corrected chi connectivity index (χ3v) is 11.9. The van der Waals surface area contributed by atoms with Crippen LogP contribution in [0.1, 0.15) is 113 Å². The Morgan fingerprint density at radius 3 is 2.31 bits per heavy atom. The lowest BCUT2D eigenvalue weighted by atomic mass is 9.65. The van der Waals surface area contributed by atoms with Gasteiger partial charge in [0.05, 0.1) is 24.0 Å². The predicted molar refractivity (Wildman–Crippen MR) is 178 cm³/mol. The first kappa shape index (κ1) is 34.3. The molecule has 4 aliphatic carbocycles. The van der Waals surface area contributed by atoms with Crippen LogP contribution >= 0.6 is 0 Å². The van der Waals surface area contributed by atoms with Crippen LogP contribution in [0.2, 0.25) is 0 Å². The number of carbonyl (C=O) groups is 2. The van der Waals surface area contributed by atoms with Gasteiger partial charge in [-0.1, -0.05) is 52.8 Å². The van der Waals surface area contributed by atoms with Gasteiger partial charge in [0.2, 0.25) is 5.91 Å². The average molecular weight is 625 g/mol. The number of nitrogens with zero attached hydrogens (tertiary/aromatic N) is 2. The first-order chi connectivity index (χ1) is 21.3. The number of hydrogen-bond acceptors (Lipinski definition) is 6. The smallest absolute Gasteiger partial charge is 0.311 e. The summed E-state index contributed by atoms with van der Waals surface area (Å²) in [5.41, 5.74) is 0.719. The summed E-state index contributed by atoms with van der Waals surface area (Å²) in [4.78, 5) is 33.9. The van der Waals surface area contributed by atoms with Gasteiger partial charge in [-0.15, -0.1) is 0 Å². The number of carbonyl (C=O) groups excluding carboxylic acids is 2. The highest BCUT2D eigenvalue weighted by Crippen LogP contribution is 2.49. The van der Waals surface area contributed by atoms with E-state index in [1.165, 1.54) is 31.3 Å². The largest absolute Gasteiger partial charge is 0.461 e. The first-order valence-corrected chi connectivity index (χ1v) is 18.1. The minimum Gasteiger partial charge on any atom is -0.461 e. The fourth-order valence-corrected chi connectivity index (χ4v) is 8.08. The molecule has 7 heteroatoms. The van der Waals surface area contributed by atoms with Crippen LogP contribution in [0.25, 0.3) is 0 Å². The van der Waals surface area contributed by atoms with Gasteiger partial charge >= 0.3 is 5.97 Å². The molecule has 1 amide bonds. The van der Waals surface area contributed by atoms with Crippen LogP contribution in [0.3, 0.4) is 0 Å². The van der Waals surface area contributed by atoms with E-state index in [1.54, 1.807) is 0 Å². The van der Waals surface area contributed by atoms with Crippen LogP contribution in [0.4, 0.5) is 0 Å². The van der Waals surface area contributed by atoms with E-state index in [1.807, 2.05) is 25.7 Å². The van der Waals surface area contributed by atoms with Crippen molar-refractivity contribution in [3.8, 4) is 0 Å². The predicted octanol–water partition coefficient (Wildman–Crippen LogP) is 6.72. The second-order valence-electron chi connectivity index (χ2n) is 16.2. The van der Waals surface area contributed by atoms with E-state index in [9.17, 15) is 19.8 Å². The van der Waals surface area contributed by atoms with E-state index in [4.69, 9.17) is 9.73 Å². The van der Waals surface area contributed by atoms with Gasteiger partial charge in [-0.05, 0) is 113 Å². The Labute approximate surface area is 272 Å². The van der Waals surface area contributed by atoms with Gasteiger partial charge in [0.25, 0.3) is 0 Å². The van der Waals surface area contributed by atoms with Crippen molar-refractivity contribution in [2.45, 2.75) is 137 Å². The van der Waals surface area contributed by atoms with E-state index < -0.39 is 17.6 Å². The molecule has 45 heavy (non-hydrogen) atoms. The van der Waals surface area contributed by atoms with Gasteiger partial charge in [0.1, 0.15) is 11.9 Å². The minimum atomic E-state index is -0.900. The van der Waals surface area contributed by atoms with Crippen LogP contribution in [-0.2, 0) is 14.3 Å². The van der Waals surface area contributed by atoms with Gasteiger partial charge in [0, 0.05) is 24.4 Å². The molecule has 0 aromatic carbocycles. The molecule has 5 rings (SSSR count). The number of aliphatic hydroxyl groups excluding tert-OH is 2. The number of amidine groups is 1. The number of ether oxygens (including phenoxy) is 1. The van der Waals surface area contributed by atoms with Crippen LogP contribution in [0, 0.1) is 52.8 Å². The van der Waals surface area contributed by atoms with Gasteiger partial charge in [-0.2, -0.15) is 0 Å². The molecular weight excluding hydrogens is 564 g/mol. The lowest BCUT2D eigenvalue weighted by Gasteiger charge is -2.44. The highest BCUT2D eigenvalue weighted by Gasteiger charge is 2.49. The Morgan fingerprint density at radius 2 is 1.73 bits per heavy atom. The number of hydrogen-bond donors (Lipinski definition) is 2. The molecule has 0 aromatic heterocycles. The average Bonchev–Trinajstić information content (AvgIpc) is 3.91. The van der Waals surface area contributed by atoms with Gasteiger partial charge in [-0.3, -0.25) is 19.5 Å². The molecule has 2 saturated carbocycles. The zero-order valence-corrected chi connectivity index (χ0v) is 29.0. The fourth-order valence-electron chi connectivity index (χ4n) is 8.08. The number of aliphatic imine (C=N–C) groups is 1. The lowest BCUT2D eigenvalue weighted by Crippen LogP contribution is -2.49. The molecule has 7 nitrogen and oxygen atoms in total. The van der Waals surface area contributed by atoms with Crippen LogP contribution in [-0.4, -0.2) is 63.7 Å². The third-order valence-electron chi connectivity index (χ3n) is 11.9. The van der Waals surface area contributed by atoms with Gasteiger partial charge in [-0.25, -0.2) is 0 Å². The number of fused-ring (bicyclic) bond motifs is 1. The molecule has 1 heterocycles. The van der Waals surface area contributed by atoms with Crippen molar-refractivity contribution in [1.82, 2.24) is 4.90 Å². The maximum absolute atomic E-state index is 13.9. The molecular formula is C38H60N2O5. The maximum atomic E-state index is 13.9. The van der Waals surface area contributed by atoms with Crippen molar-refractivity contribution < 1.29 is 24.5 Å². The number of allylic oxidation sites excluding steroid dienone is 3. The van der Waals surface area contributed by atoms with Crippen molar-refractivity contribution in [3.05, 3.63) is 23.8 Å². The molecule has 0 radical (unpaired) electrons. The molecule has 2 fully saturated rings. The molecule has 9 atom stereocenters. The molecule has 0 spiro atoms. The number of rotatable bonds is 13. The topological polar surface area (TPSA) is 99.4 Å². The lowest BCUT2D eigenvalue weighted by molar-refractivity contribution is -0.164. The second kappa shape index (κ2) is 14.0. The first-order valence-electron chi connectivity index (χ1n) is 18.1. The number of aliphatic hydroxyl groups is 2. The van der Waals surface area contributed by atoms with E-state index in [0.29, 0.717) is 30.1 Å². The van der Waals surface area contributed by atoms with E-state index in [-0.39, 0.29) is 60.5 Å². The summed E-state index contributed by atoms with van der Waals surface area (Å²) in [6.45, 7) is 15.4. The van der Waals surface area contributed by atoms with Crippen LogP contribution in [0.5, 0.6) is 0 Å². The molecule has 3 unspecified atom stereocenters. The summed E-state index contributed by atoms with van der Waals surface area (Å²) in [5, 5.41) is 22.3. The van der Waals surface area contributed by atoms with E-state index in [2.05, 4.69) is 45.9 Å². The highest BCUT2D eigenvalue weighted by molar-refractivity contribution is 6.01. The standard InChI is InChI=1S/C38H60N2O5/c1-8-38(6,7)37(44)45-32-18-22(2)17-28-10-9-23(3)31(34(28)32)16-15-29(41)19-30(42)20-33(43)40(36-25(5)24(4)21-39-36)35(26-11-12-26)27-13-14-27/h9-10,17,22-27,29-32,34-35,41-42H,8,11-16,18-21H2,1-7H3/t22-,23-,24?,25?,29+,30+,31-,32-,34?/m0/s1. The normalized spacial score (nSPS) is 32.9. The van der Waals surface area contributed by atoms with Crippen molar-refractivity contribution in [2.24, 2.45) is 57.8 Å².